The molecule has 1 aromatic carbocycles. The maximum Gasteiger partial charge on any atom is 0.182 e. The maximum atomic E-state index is 8.56. The van der Waals surface area contributed by atoms with Gasteiger partial charge in [-0.3, -0.25) is 10.4 Å². The molecule has 0 bridgehead atoms. The van der Waals surface area contributed by atoms with E-state index in [1.54, 1.807) is 29.6 Å². The summed E-state index contributed by atoms with van der Waals surface area (Å²) < 4.78 is 3.71. The van der Waals surface area contributed by atoms with Gasteiger partial charge in [0.1, 0.15) is 5.52 Å². The lowest BCUT2D eigenvalue weighted by atomic mass is 10.1. The fourth-order valence-corrected chi connectivity index (χ4v) is 3.53. The number of aromatic amines is 1. The first kappa shape index (κ1) is 16.4. The van der Waals surface area contributed by atoms with Gasteiger partial charge in [-0.05, 0) is 38.1 Å². The molecule has 4 aromatic heterocycles. The summed E-state index contributed by atoms with van der Waals surface area (Å²) in [5.41, 5.74) is 5.41. The largest absolute Gasteiger partial charge is 0.340 e. The van der Waals surface area contributed by atoms with Crippen molar-refractivity contribution in [3.8, 4) is 5.69 Å². The molecular formula is C20H18N8. The van der Waals surface area contributed by atoms with E-state index in [0.29, 0.717) is 16.7 Å². The summed E-state index contributed by atoms with van der Waals surface area (Å²) in [7, 11) is 0. The Kier molecular flexibility index (Phi) is 3.58. The first-order valence-electron chi connectivity index (χ1n) is 8.98. The van der Waals surface area contributed by atoms with Crippen LogP contribution in [-0.4, -0.2) is 34.3 Å². The number of nitrogens with one attached hydrogen (secondary N) is 2. The standard InChI is InChI=1S/C20H18N8/c1-12-5-6-16-15(8-12)17(26-28(16)14-4-3-7-22-9-14)13(2)27-11-25-20-18(19(27)21)23-10-24-20/h3-11,13,21H,1-2H3,(H,23,24). The summed E-state index contributed by atoms with van der Waals surface area (Å²) in [6, 6.07) is 9.97. The van der Waals surface area contributed by atoms with E-state index >= 15 is 0 Å². The third kappa shape index (κ3) is 2.42. The highest BCUT2D eigenvalue weighted by Crippen LogP contribution is 2.28. The number of pyridine rings is 1. The summed E-state index contributed by atoms with van der Waals surface area (Å²) in [5, 5.41) is 14.5. The molecule has 0 saturated heterocycles. The molecule has 0 amide bonds. The van der Waals surface area contributed by atoms with E-state index in [0.717, 1.165) is 27.8 Å². The molecule has 138 valence electrons. The third-order valence-electron chi connectivity index (χ3n) is 4.99. The van der Waals surface area contributed by atoms with Gasteiger partial charge in [0.05, 0.1) is 41.8 Å². The van der Waals surface area contributed by atoms with Crippen LogP contribution in [0.2, 0.25) is 0 Å². The molecule has 5 rings (SSSR count). The Hall–Kier alpha value is -3.81. The lowest BCUT2D eigenvalue weighted by molar-refractivity contribution is 0.576. The van der Waals surface area contributed by atoms with Crippen LogP contribution in [0.5, 0.6) is 0 Å². The molecule has 0 aliphatic heterocycles. The van der Waals surface area contributed by atoms with Crippen LogP contribution in [0, 0.1) is 12.3 Å². The van der Waals surface area contributed by atoms with Crippen molar-refractivity contribution in [2.75, 3.05) is 0 Å². The Morgan fingerprint density at radius 2 is 2.07 bits per heavy atom. The number of hydrogen-bond donors (Lipinski definition) is 2. The van der Waals surface area contributed by atoms with Gasteiger partial charge in [-0.25, -0.2) is 14.6 Å². The molecule has 8 heteroatoms. The SMILES string of the molecule is Cc1ccc2c(c1)c(C(C)n1cnc3nc[nH]c3c1=N)nn2-c1cccnc1. The lowest BCUT2D eigenvalue weighted by Crippen LogP contribution is -2.25. The molecular weight excluding hydrogens is 352 g/mol. The molecule has 5 aromatic rings. The van der Waals surface area contributed by atoms with Crippen LogP contribution >= 0.6 is 0 Å². The van der Waals surface area contributed by atoms with E-state index in [1.165, 1.54) is 0 Å². The number of rotatable bonds is 3. The maximum absolute atomic E-state index is 8.56. The van der Waals surface area contributed by atoms with Crippen molar-refractivity contribution in [2.24, 2.45) is 0 Å². The third-order valence-corrected chi connectivity index (χ3v) is 4.99. The molecule has 1 atom stereocenters. The van der Waals surface area contributed by atoms with Gasteiger partial charge < -0.3 is 9.55 Å². The second-order valence-corrected chi connectivity index (χ2v) is 6.81. The number of hydrogen-bond acceptors (Lipinski definition) is 5. The molecule has 1 unspecified atom stereocenters. The second-order valence-electron chi connectivity index (χ2n) is 6.81. The van der Waals surface area contributed by atoms with Crippen molar-refractivity contribution in [3.63, 3.8) is 0 Å². The monoisotopic (exact) mass is 370 g/mol. The van der Waals surface area contributed by atoms with Crippen molar-refractivity contribution >= 4 is 22.1 Å². The minimum atomic E-state index is -0.185. The molecule has 2 N–H and O–H groups in total. The van der Waals surface area contributed by atoms with Crippen LogP contribution in [0.15, 0.2) is 55.4 Å². The van der Waals surface area contributed by atoms with Gasteiger partial charge in [-0.2, -0.15) is 5.10 Å². The van der Waals surface area contributed by atoms with Crippen LogP contribution in [0.4, 0.5) is 0 Å². The minimum Gasteiger partial charge on any atom is -0.340 e. The predicted molar refractivity (Wildman–Crippen MR) is 105 cm³/mol. The summed E-state index contributed by atoms with van der Waals surface area (Å²) in [4.78, 5) is 15.7. The first-order chi connectivity index (χ1) is 13.6. The Morgan fingerprint density at radius 1 is 1.18 bits per heavy atom. The lowest BCUT2D eigenvalue weighted by Gasteiger charge is -2.14. The molecule has 8 nitrogen and oxygen atoms in total. The Balaban J connectivity index is 1.75. The van der Waals surface area contributed by atoms with Gasteiger partial charge in [0.2, 0.25) is 0 Å². The Morgan fingerprint density at radius 3 is 2.89 bits per heavy atom. The highest BCUT2D eigenvalue weighted by atomic mass is 15.3. The van der Waals surface area contributed by atoms with Gasteiger partial charge in [-0.15, -0.1) is 0 Å². The highest BCUT2D eigenvalue weighted by molar-refractivity contribution is 5.84. The Labute approximate surface area is 160 Å². The van der Waals surface area contributed by atoms with Crippen molar-refractivity contribution in [1.82, 2.24) is 34.3 Å². The van der Waals surface area contributed by atoms with Gasteiger partial charge >= 0.3 is 0 Å². The molecule has 0 aliphatic rings. The number of benzene rings is 1. The minimum absolute atomic E-state index is 0.185. The first-order valence-corrected chi connectivity index (χ1v) is 8.98. The molecule has 0 fully saturated rings. The van der Waals surface area contributed by atoms with Crippen LogP contribution in [0.1, 0.15) is 24.2 Å². The topological polar surface area (TPSA) is 101 Å². The van der Waals surface area contributed by atoms with Gasteiger partial charge in [-0.1, -0.05) is 11.6 Å². The van der Waals surface area contributed by atoms with E-state index in [-0.39, 0.29) is 6.04 Å². The number of nitrogens with zero attached hydrogens (tertiary/aromatic N) is 6. The summed E-state index contributed by atoms with van der Waals surface area (Å²) in [5.74, 6) is 0. The van der Waals surface area contributed by atoms with Crippen LogP contribution in [0.25, 0.3) is 27.8 Å². The van der Waals surface area contributed by atoms with Crippen molar-refractivity contribution in [1.29, 1.82) is 5.41 Å². The second kappa shape index (κ2) is 6.12. The smallest absolute Gasteiger partial charge is 0.182 e. The molecule has 0 aliphatic carbocycles. The highest BCUT2D eigenvalue weighted by Gasteiger charge is 2.20. The average molecular weight is 370 g/mol. The van der Waals surface area contributed by atoms with Gasteiger partial charge in [0.25, 0.3) is 0 Å². The van der Waals surface area contributed by atoms with Crippen LogP contribution in [0.3, 0.4) is 0 Å². The van der Waals surface area contributed by atoms with Gasteiger partial charge in [0, 0.05) is 11.6 Å². The van der Waals surface area contributed by atoms with Crippen molar-refractivity contribution in [3.05, 3.63) is 72.1 Å². The van der Waals surface area contributed by atoms with E-state index in [2.05, 4.69) is 45.1 Å². The normalized spacial score (nSPS) is 12.6. The van der Waals surface area contributed by atoms with E-state index in [1.807, 2.05) is 23.7 Å². The fourth-order valence-electron chi connectivity index (χ4n) is 3.53. The number of fused-ring (bicyclic) bond motifs is 2. The average Bonchev–Trinajstić information content (AvgIpc) is 3.33. The number of aromatic nitrogens is 7. The molecule has 0 saturated carbocycles. The van der Waals surface area contributed by atoms with E-state index < -0.39 is 0 Å². The zero-order valence-electron chi connectivity index (χ0n) is 15.5. The molecule has 0 radical (unpaired) electrons. The zero-order chi connectivity index (χ0) is 19.3. The van der Waals surface area contributed by atoms with Gasteiger partial charge in [0.15, 0.2) is 11.1 Å². The van der Waals surface area contributed by atoms with E-state index in [9.17, 15) is 0 Å². The molecule has 0 spiro atoms. The molecule has 28 heavy (non-hydrogen) atoms. The summed E-state index contributed by atoms with van der Waals surface area (Å²) in [6.45, 7) is 4.09. The molecule has 4 heterocycles. The summed E-state index contributed by atoms with van der Waals surface area (Å²) >= 11 is 0. The number of aryl methyl sites for hydroxylation is 1. The van der Waals surface area contributed by atoms with Crippen molar-refractivity contribution in [2.45, 2.75) is 19.9 Å². The summed E-state index contributed by atoms with van der Waals surface area (Å²) in [6.07, 6.45) is 6.75. The van der Waals surface area contributed by atoms with E-state index in [4.69, 9.17) is 10.5 Å². The van der Waals surface area contributed by atoms with Crippen molar-refractivity contribution < 1.29 is 0 Å². The quantitative estimate of drug-likeness (QED) is 0.510. The number of H-pyrrole nitrogens is 1. The Bertz CT molecular complexity index is 1360. The van der Waals surface area contributed by atoms with Crippen LogP contribution < -0.4 is 5.49 Å². The van der Waals surface area contributed by atoms with Crippen LogP contribution in [-0.2, 0) is 0 Å². The number of imidazole rings is 1. The fraction of sp³-hybridized carbons (Fsp3) is 0.150. The predicted octanol–water partition coefficient (Wildman–Crippen LogP) is 2.89. The zero-order valence-corrected chi connectivity index (χ0v) is 15.5.